The normalized spacial score (nSPS) is 18.9. The lowest BCUT2D eigenvalue weighted by Crippen LogP contribution is -2.25. The molecule has 0 aliphatic carbocycles. The molecule has 15 heavy (non-hydrogen) atoms. The van der Waals surface area contributed by atoms with Gasteiger partial charge in [0, 0.05) is 6.66 Å². The molecule has 0 saturated heterocycles. The first-order chi connectivity index (χ1) is 6.54. The van der Waals surface area contributed by atoms with Crippen molar-refractivity contribution in [2.45, 2.75) is 47.6 Å². The zero-order chi connectivity index (χ0) is 12.3. The van der Waals surface area contributed by atoms with E-state index in [9.17, 15) is 4.57 Å². The Morgan fingerprint density at radius 1 is 1.20 bits per heavy atom. The van der Waals surface area contributed by atoms with Gasteiger partial charge in [0.05, 0.1) is 12.7 Å². The van der Waals surface area contributed by atoms with Crippen LogP contribution >= 0.6 is 7.60 Å². The van der Waals surface area contributed by atoms with Crippen LogP contribution in [0.15, 0.2) is 0 Å². The second kappa shape index (κ2) is 5.47. The molecular formula is C11H25O3P. The molecule has 0 rings (SSSR count). The van der Waals surface area contributed by atoms with E-state index in [1.807, 2.05) is 20.8 Å². The van der Waals surface area contributed by atoms with Crippen molar-refractivity contribution < 1.29 is 13.6 Å². The summed E-state index contributed by atoms with van der Waals surface area (Å²) >= 11 is 0. The first kappa shape index (κ1) is 15.2. The van der Waals surface area contributed by atoms with Crippen LogP contribution in [0.4, 0.5) is 0 Å². The predicted molar refractivity (Wildman–Crippen MR) is 64.3 cm³/mol. The summed E-state index contributed by atoms with van der Waals surface area (Å²) in [4.78, 5) is 0. The Morgan fingerprint density at radius 3 is 2.00 bits per heavy atom. The molecule has 0 heterocycles. The van der Waals surface area contributed by atoms with Gasteiger partial charge in [-0.2, -0.15) is 0 Å². The third-order valence-electron chi connectivity index (χ3n) is 2.21. The highest BCUT2D eigenvalue weighted by Crippen LogP contribution is 2.47. The van der Waals surface area contributed by atoms with Crippen LogP contribution in [0, 0.1) is 11.3 Å². The van der Waals surface area contributed by atoms with Crippen molar-refractivity contribution >= 4 is 7.60 Å². The van der Waals surface area contributed by atoms with E-state index >= 15 is 0 Å². The molecule has 0 aromatic carbocycles. The number of hydrogen-bond acceptors (Lipinski definition) is 3. The molecule has 0 radical (unpaired) electrons. The van der Waals surface area contributed by atoms with E-state index in [4.69, 9.17) is 9.05 Å². The van der Waals surface area contributed by atoms with Crippen molar-refractivity contribution in [2.24, 2.45) is 11.3 Å². The summed E-state index contributed by atoms with van der Waals surface area (Å²) in [5, 5.41) is 0. The first-order valence-electron chi connectivity index (χ1n) is 5.45. The Kier molecular flexibility index (Phi) is 5.52. The van der Waals surface area contributed by atoms with E-state index in [0.29, 0.717) is 12.5 Å². The highest BCUT2D eigenvalue weighted by Gasteiger charge is 2.28. The first-order valence-corrected chi connectivity index (χ1v) is 7.44. The second-order valence-corrected chi connectivity index (χ2v) is 7.59. The van der Waals surface area contributed by atoms with Gasteiger partial charge in [-0.25, -0.2) is 0 Å². The minimum atomic E-state index is -2.90. The van der Waals surface area contributed by atoms with Gasteiger partial charge in [0.15, 0.2) is 0 Å². The van der Waals surface area contributed by atoms with Gasteiger partial charge < -0.3 is 9.05 Å². The van der Waals surface area contributed by atoms with Crippen LogP contribution in [0.2, 0.25) is 0 Å². The predicted octanol–water partition coefficient (Wildman–Crippen LogP) is 3.93. The van der Waals surface area contributed by atoms with Gasteiger partial charge in [-0.1, -0.05) is 34.6 Å². The van der Waals surface area contributed by atoms with Crippen LogP contribution in [0.3, 0.4) is 0 Å². The second-order valence-electron chi connectivity index (χ2n) is 5.57. The van der Waals surface area contributed by atoms with Crippen LogP contribution in [0.5, 0.6) is 0 Å². The molecule has 0 spiro atoms. The van der Waals surface area contributed by atoms with E-state index in [0.717, 1.165) is 0 Å². The van der Waals surface area contributed by atoms with E-state index in [-0.39, 0.29) is 11.5 Å². The summed E-state index contributed by atoms with van der Waals surface area (Å²) < 4.78 is 22.7. The zero-order valence-electron chi connectivity index (χ0n) is 11.0. The molecule has 0 fully saturated rings. The maximum Gasteiger partial charge on any atom is 0.327 e. The minimum absolute atomic E-state index is 0.0210. The lowest BCUT2D eigenvalue weighted by atomic mass is 9.91. The quantitative estimate of drug-likeness (QED) is 0.678. The van der Waals surface area contributed by atoms with Gasteiger partial charge in [0.25, 0.3) is 0 Å². The standard InChI is InChI=1S/C11H25O3P/c1-9(2)8-13-15(7,12)14-10(3)11(4,5)6/h9-10H,8H2,1-7H3. The Balaban J connectivity index is 4.20. The molecule has 0 aliphatic heterocycles. The van der Waals surface area contributed by atoms with E-state index < -0.39 is 7.60 Å². The summed E-state index contributed by atoms with van der Waals surface area (Å²) in [6.07, 6.45) is -0.0829. The maximum atomic E-state index is 11.9. The highest BCUT2D eigenvalue weighted by atomic mass is 31.2. The minimum Gasteiger partial charge on any atom is -0.308 e. The Morgan fingerprint density at radius 2 is 1.67 bits per heavy atom. The van der Waals surface area contributed by atoms with Gasteiger partial charge in [0.2, 0.25) is 0 Å². The van der Waals surface area contributed by atoms with Crippen LogP contribution in [-0.4, -0.2) is 19.4 Å². The zero-order valence-corrected chi connectivity index (χ0v) is 11.9. The molecule has 3 nitrogen and oxygen atoms in total. The van der Waals surface area contributed by atoms with Gasteiger partial charge in [0.1, 0.15) is 0 Å². The third kappa shape index (κ3) is 7.10. The van der Waals surface area contributed by atoms with Crippen molar-refractivity contribution in [1.29, 1.82) is 0 Å². The Bertz CT molecular complexity index is 230. The van der Waals surface area contributed by atoms with Crippen molar-refractivity contribution in [1.82, 2.24) is 0 Å². The van der Waals surface area contributed by atoms with Crippen molar-refractivity contribution in [2.75, 3.05) is 13.3 Å². The maximum absolute atomic E-state index is 11.9. The molecule has 0 amide bonds. The SMILES string of the molecule is CC(C)COP(C)(=O)OC(C)C(C)(C)C. The Hall–Kier alpha value is 0.150. The molecule has 0 aromatic rings. The smallest absolute Gasteiger partial charge is 0.308 e. The van der Waals surface area contributed by atoms with Crippen LogP contribution in [-0.2, 0) is 13.6 Å². The molecule has 0 bridgehead atoms. The molecule has 92 valence electrons. The lowest BCUT2D eigenvalue weighted by molar-refractivity contribution is 0.0769. The molecule has 2 atom stereocenters. The summed E-state index contributed by atoms with van der Waals surface area (Å²) in [5.41, 5.74) is -0.0210. The molecule has 0 aliphatic rings. The fourth-order valence-corrected chi connectivity index (χ4v) is 2.28. The summed E-state index contributed by atoms with van der Waals surface area (Å²) in [6.45, 7) is 14.2. The van der Waals surface area contributed by atoms with Crippen LogP contribution in [0.25, 0.3) is 0 Å². The van der Waals surface area contributed by atoms with E-state index in [2.05, 4.69) is 20.8 Å². The van der Waals surface area contributed by atoms with Crippen molar-refractivity contribution in [3.63, 3.8) is 0 Å². The van der Waals surface area contributed by atoms with E-state index in [1.165, 1.54) is 6.66 Å². The molecule has 0 saturated carbocycles. The van der Waals surface area contributed by atoms with Gasteiger partial charge in [-0.05, 0) is 18.3 Å². The van der Waals surface area contributed by atoms with E-state index in [1.54, 1.807) is 0 Å². The average molecular weight is 236 g/mol. The fraction of sp³-hybridized carbons (Fsp3) is 1.00. The summed E-state index contributed by atoms with van der Waals surface area (Å²) in [5.74, 6) is 0.367. The largest absolute Gasteiger partial charge is 0.327 e. The monoisotopic (exact) mass is 236 g/mol. The topological polar surface area (TPSA) is 35.5 Å². The molecular weight excluding hydrogens is 211 g/mol. The Labute approximate surface area is 94.1 Å². The molecule has 0 aromatic heterocycles. The van der Waals surface area contributed by atoms with Gasteiger partial charge in [-0.15, -0.1) is 0 Å². The molecule has 2 unspecified atom stereocenters. The lowest BCUT2D eigenvalue weighted by Gasteiger charge is -2.29. The van der Waals surface area contributed by atoms with Gasteiger partial charge >= 0.3 is 7.60 Å². The highest BCUT2D eigenvalue weighted by molar-refractivity contribution is 7.53. The average Bonchev–Trinajstić information content (AvgIpc) is 1.98. The van der Waals surface area contributed by atoms with Crippen molar-refractivity contribution in [3.05, 3.63) is 0 Å². The van der Waals surface area contributed by atoms with Crippen LogP contribution in [0.1, 0.15) is 41.5 Å². The molecule has 0 N–H and O–H groups in total. The third-order valence-corrected chi connectivity index (χ3v) is 3.53. The van der Waals surface area contributed by atoms with Crippen LogP contribution < -0.4 is 0 Å². The fourth-order valence-electron chi connectivity index (χ4n) is 0.760. The van der Waals surface area contributed by atoms with Gasteiger partial charge in [-0.3, -0.25) is 4.57 Å². The summed E-state index contributed by atoms with van der Waals surface area (Å²) in [6, 6.07) is 0. The molecule has 4 heteroatoms. The van der Waals surface area contributed by atoms with Crippen molar-refractivity contribution in [3.8, 4) is 0 Å². The number of hydrogen-bond donors (Lipinski definition) is 0. The summed E-state index contributed by atoms with van der Waals surface area (Å²) in [7, 11) is -2.90. The number of rotatable bonds is 5.